The Balaban J connectivity index is 2.03. The molecule has 1 aromatic heterocycles. The summed E-state index contributed by atoms with van der Waals surface area (Å²) in [7, 11) is 0. The number of aromatic nitrogens is 3. The molecule has 1 heterocycles. The van der Waals surface area contributed by atoms with Gasteiger partial charge in [0.1, 0.15) is 12.2 Å². The van der Waals surface area contributed by atoms with Crippen LogP contribution in [0.2, 0.25) is 0 Å². The van der Waals surface area contributed by atoms with E-state index in [0.29, 0.717) is 5.82 Å². The summed E-state index contributed by atoms with van der Waals surface area (Å²) in [5.41, 5.74) is 0. The lowest BCUT2D eigenvalue weighted by Crippen LogP contribution is -2.12. The fourth-order valence-electron chi connectivity index (χ4n) is 1.95. The van der Waals surface area contributed by atoms with Gasteiger partial charge in [0.05, 0.1) is 0 Å². The maximum Gasteiger partial charge on any atom is 0.396 e. The largest absolute Gasteiger partial charge is 0.396 e. The molecule has 0 amide bonds. The molecule has 2 rings (SSSR count). The standard InChI is InChI=1S/C9H12F3N3/c10-9(11,12)5-7-13-8(15-14-7)6-3-1-2-4-6/h6H,1-5H2,(H,13,14,15). The molecule has 0 spiro atoms. The van der Waals surface area contributed by atoms with Gasteiger partial charge < -0.3 is 0 Å². The molecule has 6 heteroatoms. The molecule has 0 aliphatic heterocycles. The average Bonchev–Trinajstić information content (AvgIpc) is 2.68. The number of nitrogens with one attached hydrogen (secondary N) is 1. The zero-order valence-corrected chi connectivity index (χ0v) is 8.14. The minimum Gasteiger partial charge on any atom is -0.263 e. The Kier molecular flexibility index (Phi) is 2.67. The first-order valence-corrected chi connectivity index (χ1v) is 5.02. The third-order valence-electron chi connectivity index (χ3n) is 2.64. The fraction of sp³-hybridized carbons (Fsp3) is 0.778. The van der Waals surface area contributed by atoms with Crippen molar-refractivity contribution in [3.8, 4) is 0 Å². The summed E-state index contributed by atoms with van der Waals surface area (Å²) >= 11 is 0. The molecule has 0 aromatic carbocycles. The number of nitrogens with zero attached hydrogens (tertiary/aromatic N) is 2. The number of H-pyrrole nitrogens is 1. The summed E-state index contributed by atoms with van der Waals surface area (Å²) in [6.45, 7) is 0. The summed E-state index contributed by atoms with van der Waals surface area (Å²) in [6.07, 6.45) is -1.02. The van der Waals surface area contributed by atoms with Crippen LogP contribution in [0.5, 0.6) is 0 Å². The summed E-state index contributed by atoms with van der Waals surface area (Å²) in [6, 6.07) is 0. The number of alkyl halides is 3. The van der Waals surface area contributed by atoms with Crippen LogP contribution in [0.15, 0.2) is 0 Å². The van der Waals surface area contributed by atoms with E-state index < -0.39 is 12.6 Å². The third kappa shape index (κ3) is 2.70. The van der Waals surface area contributed by atoms with Crippen molar-refractivity contribution in [3.63, 3.8) is 0 Å². The van der Waals surface area contributed by atoms with E-state index >= 15 is 0 Å². The van der Waals surface area contributed by atoms with Gasteiger partial charge >= 0.3 is 6.18 Å². The highest BCUT2D eigenvalue weighted by Gasteiger charge is 2.30. The molecule has 1 aliphatic rings. The van der Waals surface area contributed by atoms with Gasteiger partial charge in [-0.15, -0.1) is 0 Å². The van der Waals surface area contributed by atoms with Gasteiger partial charge in [-0.3, -0.25) is 5.10 Å². The van der Waals surface area contributed by atoms with Gasteiger partial charge in [0.2, 0.25) is 0 Å². The molecule has 1 fully saturated rings. The van der Waals surface area contributed by atoms with Gasteiger partial charge in [-0.25, -0.2) is 4.98 Å². The fourth-order valence-corrected chi connectivity index (χ4v) is 1.95. The van der Waals surface area contributed by atoms with E-state index in [1.54, 1.807) is 0 Å². The van der Waals surface area contributed by atoms with E-state index in [1.807, 2.05) is 0 Å². The van der Waals surface area contributed by atoms with Crippen LogP contribution >= 0.6 is 0 Å². The quantitative estimate of drug-likeness (QED) is 0.830. The minimum atomic E-state index is -4.22. The summed E-state index contributed by atoms with van der Waals surface area (Å²) in [5.74, 6) is 0.722. The van der Waals surface area contributed by atoms with Crippen LogP contribution in [0.4, 0.5) is 13.2 Å². The molecule has 0 saturated heterocycles. The van der Waals surface area contributed by atoms with Crippen molar-refractivity contribution < 1.29 is 13.2 Å². The van der Waals surface area contributed by atoms with Gasteiger partial charge in [0.15, 0.2) is 5.82 Å². The van der Waals surface area contributed by atoms with Crippen molar-refractivity contribution >= 4 is 0 Å². The SMILES string of the molecule is FC(F)(F)Cc1nc(C2CCCC2)n[nH]1. The molecule has 1 saturated carbocycles. The van der Waals surface area contributed by atoms with E-state index in [-0.39, 0.29) is 11.7 Å². The normalized spacial score (nSPS) is 18.6. The van der Waals surface area contributed by atoms with Crippen LogP contribution in [0.1, 0.15) is 43.3 Å². The highest BCUT2D eigenvalue weighted by atomic mass is 19.4. The summed E-state index contributed by atoms with van der Waals surface area (Å²) in [5, 5.41) is 6.20. The smallest absolute Gasteiger partial charge is 0.263 e. The van der Waals surface area contributed by atoms with E-state index in [1.165, 1.54) is 0 Å². The van der Waals surface area contributed by atoms with E-state index in [2.05, 4.69) is 15.2 Å². The molecular weight excluding hydrogens is 207 g/mol. The number of hydrogen-bond acceptors (Lipinski definition) is 2. The number of halogens is 3. The van der Waals surface area contributed by atoms with Crippen LogP contribution in [-0.2, 0) is 6.42 Å². The Morgan fingerprint density at radius 2 is 1.93 bits per heavy atom. The lowest BCUT2D eigenvalue weighted by atomic mass is 10.1. The van der Waals surface area contributed by atoms with Crippen molar-refractivity contribution in [2.45, 2.75) is 44.2 Å². The van der Waals surface area contributed by atoms with Crippen molar-refractivity contribution in [1.82, 2.24) is 15.2 Å². The molecule has 3 nitrogen and oxygen atoms in total. The molecule has 0 atom stereocenters. The van der Waals surface area contributed by atoms with Crippen LogP contribution in [-0.4, -0.2) is 21.4 Å². The van der Waals surface area contributed by atoms with Gasteiger partial charge in [-0.1, -0.05) is 12.8 Å². The minimum absolute atomic E-state index is 0.0793. The second kappa shape index (κ2) is 3.83. The van der Waals surface area contributed by atoms with E-state index in [9.17, 15) is 13.2 Å². The third-order valence-corrected chi connectivity index (χ3v) is 2.64. The molecule has 84 valence electrons. The second-order valence-electron chi connectivity index (χ2n) is 3.91. The Hall–Kier alpha value is -1.07. The second-order valence-corrected chi connectivity index (χ2v) is 3.91. The van der Waals surface area contributed by atoms with Crippen LogP contribution < -0.4 is 0 Å². The molecule has 0 bridgehead atoms. The molecule has 0 radical (unpaired) electrons. The van der Waals surface area contributed by atoms with Crippen molar-refractivity contribution in [1.29, 1.82) is 0 Å². The van der Waals surface area contributed by atoms with Gasteiger partial charge in [-0.2, -0.15) is 18.3 Å². The summed E-state index contributed by atoms with van der Waals surface area (Å²) < 4.78 is 36.1. The Morgan fingerprint density at radius 1 is 1.27 bits per heavy atom. The summed E-state index contributed by atoms with van der Waals surface area (Å²) in [4.78, 5) is 3.89. The molecule has 1 aliphatic carbocycles. The first-order valence-electron chi connectivity index (χ1n) is 5.02. The topological polar surface area (TPSA) is 41.6 Å². The van der Waals surface area contributed by atoms with Crippen molar-refractivity contribution in [2.75, 3.05) is 0 Å². The number of hydrogen-bond donors (Lipinski definition) is 1. The van der Waals surface area contributed by atoms with Gasteiger partial charge in [0, 0.05) is 5.92 Å². The predicted molar refractivity (Wildman–Crippen MR) is 47.4 cm³/mol. The van der Waals surface area contributed by atoms with Gasteiger partial charge in [-0.05, 0) is 12.8 Å². The Bertz CT molecular complexity index is 326. The maximum atomic E-state index is 12.0. The number of rotatable bonds is 2. The van der Waals surface area contributed by atoms with Crippen LogP contribution in [0.25, 0.3) is 0 Å². The molecular formula is C9H12F3N3. The lowest BCUT2D eigenvalue weighted by molar-refractivity contribution is -0.128. The maximum absolute atomic E-state index is 12.0. The van der Waals surface area contributed by atoms with E-state index in [4.69, 9.17) is 0 Å². The van der Waals surface area contributed by atoms with Gasteiger partial charge in [0.25, 0.3) is 0 Å². The zero-order chi connectivity index (χ0) is 10.9. The highest BCUT2D eigenvalue weighted by Crippen LogP contribution is 2.32. The van der Waals surface area contributed by atoms with Crippen molar-refractivity contribution in [3.05, 3.63) is 11.6 Å². The first-order chi connectivity index (χ1) is 7.04. The Labute approximate surface area is 85.1 Å². The molecule has 15 heavy (non-hydrogen) atoms. The van der Waals surface area contributed by atoms with Crippen LogP contribution in [0.3, 0.4) is 0 Å². The average molecular weight is 219 g/mol. The van der Waals surface area contributed by atoms with Crippen molar-refractivity contribution in [2.24, 2.45) is 0 Å². The first kappa shape index (κ1) is 10.4. The molecule has 0 unspecified atom stereocenters. The zero-order valence-electron chi connectivity index (χ0n) is 8.14. The van der Waals surface area contributed by atoms with E-state index in [0.717, 1.165) is 25.7 Å². The lowest BCUT2D eigenvalue weighted by Gasteiger charge is -2.02. The molecule has 1 aromatic rings. The predicted octanol–water partition coefficient (Wildman–Crippen LogP) is 2.57. The number of aromatic amines is 1. The Morgan fingerprint density at radius 3 is 2.53 bits per heavy atom. The monoisotopic (exact) mass is 219 g/mol. The highest BCUT2D eigenvalue weighted by molar-refractivity contribution is 5.00. The molecule has 1 N–H and O–H groups in total. The van der Waals surface area contributed by atoms with Crippen LogP contribution in [0, 0.1) is 0 Å².